The number of hydrogen-bond donors (Lipinski definition) is 2. The molecular formula is C14H24N2O3S. The van der Waals surface area contributed by atoms with E-state index in [1.165, 1.54) is 12.8 Å². The molecule has 0 bridgehead atoms. The van der Waals surface area contributed by atoms with E-state index in [0.717, 1.165) is 0 Å². The third-order valence-electron chi connectivity index (χ3n) is 3.70. The third kappa shape index (κ3) is 3.84. The van der Waals surface area contributed by atoms with Crippen molar-refractivity contribution in [2.45, 2.75) is 64.1 Å². The van der Waals surface area contributed by atoms with Crippen LogP contribution < -0.4 is 10.0 Å². The lowest BCUT2D eigenvalue weighted by Crippen LogP contribution is -2.36. The molecule has 1 fully saturated rings. The average molecular weight is 300 g/mol. The maximum Gasteiger partial charge on any atom is 0.244 e. The number of hydrogen-bond acceptors (Lipinski definition) is 4. The molecule has 0 radical (unpaired) electrons. The zero-order chi connectivity index (χ0) is 14.9. The number of rotatable bonds is 7. The van der Waals surface area contributed by atoms with E-state index in [-0.39, 0.29) is 16.9 Å². The van der Waals surface area contributed by atoms with Crippen LogP contribution in [0.5, 0.6) is 0 Å². The lowest BCUT2D eigenvalue weighted by molar-refractivity contribution is 0.453. The summed E-state index contributed by atoms with van der Waals surface area (Å²) in [4.78, 5) is 0.248. The lowest BCUT2D eigenvalue weighted by Gasteiger charge is -2.16. The van der Waals surface area contributed by atoms with E-state index < -0.39 is 10.0 Å². The lowest BCUT2D eigenvalue weighted by atomic mass is 10.1. The highest BCUT2D eigenvalue weighted by atomic mass is 32.2. The molecule has 6 heteroatoms. The van der Waals surface area contributed by atoms with Crippen molar-refractivity contribution in [3.63, 3.8) is 0 Å². The van der Waals surface area contributed by atoms with Gasteiger partial charge in [-0.1, -0.05) is 13.8 Å². The van der Waals surface area contributed by atoms with Crippen LogP contribution in [0.4, 0.5) is 0 Å². The van der Waals surface area contributed by atoms with Crippen molar-refractivity contribution in [1.82, 2.24) is 10.0 Å². The van der Waals surface area contributed by atoms with Crippen LogP contribution in [0.2, 0.25) is 0 Å². The van der Waals surface area contributed by atoms with Crippen molar-refractivity contribution >= 4 is 10.0 Å². The Morgan fingerprint density at radius 2 is 2.00 bits per heavy atom. The predicted molar refractivity (Wildman–Crippen MR) is 77.9 cm³/mol. The summed E-state index contributed by atoms with van der Waals surface area (Å²) in [6.07, 6.45) is 2.39. The molecule has 0 amide bonds. The highest BCUT2D eigenvalue weighted by molar-refractivity contribution is 7.89. The van der Waals surface area contributed by atoms with Gasteiger partial charge in [0.2, 0.25) is 10.0 Å². The molecule has 1 heterocycles. The smallest absolute Gasteiger partial charge is 0.244 e. The van der Waals surface area contributed by atoms with E-state index in [4.69, 9.17) is 4.42 Å². The molecule has 0 spiro atoms. The van der Waals surface area contributed by atoms with Crippen molar-refractivity contribution in [2.24, 2.45) is 5.92 Å². The largest absolute Gasteiger partial charge is 0.464 e. The Labute approximate surface area is 121 Å². The molecule has 1 aliphatic rings. The van der Waals surface area contributed by atoms with Crippen molar-refractivity contribution in [2.75, 3.05) is 0 Å². The van der Waals surface area contributed by atoms with Crippen LogP contribution in [0.25, 0.3) is 0 Å². The van der Waals surface area contributed by atoms with Crippen LogP contribution in [0.15, 0.2) is 15.4 Å². The van der Waals surface area contributed by atoms with Gasteiger partial charge in [0.1, 0.15) is 16.4 Å². The van der Waals surface area contributed by atoms with Crippen molar-refractivity contribution in [3.05, 3.63) is 17.6 Å². The zero-order valence-corrected chi connectivity index (χ0v) is 13.4. The van der Waals surface area contributed by atoms with E-state index >= 15 is 0 Å². The fourth-order valence-electron chi connectivity index (χ4n) is 1.85. The van der Waals surface area contributed by atoms with Gasteiger partial charge in [0.15, 0.2) is 0 Å². The van der Waals surface area contributed by atoms with Gasteiger partial charge < -0.3 is 9.73 Å². The van der Waals surface area contributed by atoms with Gasteiger partial charge in [-0.15, -0.1) is 0 Å². The molecular weight excluding hydrogens is 276 g/mol. The summed E-state index contributed by atoms with van der Waals surface area (Å²) in [7, 11) is -3.51. The minimum absolute atomic E-state index is 0.109. The molecule has 1 aliphatic carbocycles. The first-order valence-corrected chi connectivity index (χ1v) is 8.63. The second-order valence-corrected chi connectivity index (χ2v) is 7.62. The molecule has 1 aromatic rings. The minimum atomic E-state index is -3.51. The topological polar surface area (TPSA) is 71.3 Å². The van der Waals surface area contributed by atoms with Gasteiger partial charge in [-0.05, 0) is 32.6 Å². The van der Waals surface area contributed by atoms with E-state index in [9.17, 15) is 8.42 Å². The van der Waals surface area contributed by atoms with Gasteiger partial charge in [-0.3, -0.25) is 0 Å². The molecule has 114 valence electrons. The quantitative estimate of drug-likeness (QED) is 0.809. The van der Waals surface area contributed by atoms with Gasteiger partial charge in [-0.25, -0.2) is 13.1 Å². The summed E-state index contributed by atoms with van der Waals surface area (Å²) in [6, 6.07) is 2.09. The van der Waals surface area contributed by atoms with Crippen molar-refractivity contribution < 1.29 is 12.8 Å². The van der Waals surface area contributed by atoms with Gasteiger partial charge in [-0.2, -0.15) is 0 Å². The zero-order valence-electron chi connectivity index (χ0n) is 12.6. The number of furan rings is 1. The van der Waals surface area contributed by atoms with Crippen LogP contribution in [0, 0.1) is 12.8 Å². The summed E-state index contributed by atoms with van der Waals surface area (Å²) < 4.78 is 32.9. The SMILES string of the molecule is Cc1oc(CNC2CC2)cc1S(=O)(=O)NC(C)C(C)C. The summed E-state index contributed by atoms with van der Waals surface area (Å²) >= 11 is 0. The predicted octanol–water partition coefficient (Wildman–Crippen LogP) is 2.16. The molecule has 1 atom stereocenters. The first kappa shape index (κ1) is 15.5. The van der Waals surface area contributed by atoms with E-state index in [2.05, 4.69) is 10.0 Å². The number of aryl methyl sites for hydroxylation is 1. The van der Waals surface area contributed by atoms with Crippen molar-refractivity contribution in [3.8, 4) is 0 Å². The second kappa shape index (κ2) is 5.87. The van der Waals surface area contributed by atoms with E-state index in [1.54, 1.807) is 13.0 Å². The van der Waals surface area contributed by atoms with Crippen LogP contribution in [0.1, 0.15) is 45.1 Å². The fraction of sp³-hybridized carbons (Fsp3) is 0.714. The molecule has 1 unspecified atom stereocenters. The van der Waals surface area contributed by atoms with Crippen molar-refractivity contribution in [1.29, 1.82) is 0 Å². The number of sulfonamides is 1. The molecule has 5 nitrogen and oxygen atoms in total. The summed E-state index contributed by atoms with van der Waals surface area (Å²) in [6.45, 7) is 8.12. The Morgan fingerprint density at radius 1 is 1.35 bits per heavy atom. The Hall–Kier alpha value is -0.850. The molecule has 0 aliphatic heterocycles. The maximum absolute atomic E-state index is 12.3. The summed E-state index contributed by atoms with van der Waals surface area (Å²) in [5.41, 5.74) is 0. The average Bonchev–Trinajstić information content (AvgIpc) is 3.08. The molecule has 1 saturated carbocycles. The Balaban J connectivity index is 2.09. The standard InChI is InChI=1S/C14H24N2O3S/c1-9(2)10(3)16-20(17,18)14-7-13(19-11(14)4)8-15-12-5-6-12/h7,9-10,12,15-16H,5-6,8H2,1-4H3. The summed E-state index contributed by atoms with van der Waals surface area (Å²) in [5, 5.41) is 3.31. The Morgan fingerprint density at radius 3 is 2.55 bits per heavy atom. The number of nitrogens with one attached hydrogen (secondary N) is 2. The van der Waals surface area contributed by atoms with E-state index in [0.29, 0.717) is 24.1 Å². The Bertz CT molecular complexity index is 559. The third-order valence-corrected chi connectivity index (χ3v) is 5.36. The molecule has 2 rings (SSSR count). The second-order valence-electron chi connectivity index (χ2n) is 5.94. The highest BCUT2D eigenvalue weighted by Gasteiger charge is 2.25. The monoisotopic (exact) mass is 300 g/mol. The highest BCUT2D eigenvalue weighted by Crippen LogP contribution is 2.23. The molecule has 2 N–H and O–H groups in total. The first-order chi connectivity index (χ1) is 9.29. The molecule has 20 heavy (non-hydrogen) atoms. The minimum Gasteiger partial charge on any atom is -0.464 e. The van der Waals surface area contributed by atoms with Gasteiger partial charge in [0, 0.05) is 18.2 Å². The molecule has 0 saturated heterocycles. The van der Waals surface area contributed by atoms with Gasteiger partial charge in [0.25, 0.3) is 0 Å². The van der Waals surface area contributed by atoms with Crippen LogP contribution in [-0.2, 0) is 16.6 Å². The molecule has 0 aromatic carbocycles. The van der Waals surface area contributed by atoms with E-state index in [1.807, 2.05) is 20.8 Å². The molecule has 1 aromatic heterocycles. The van der Waals surface area contributed by atoms with Crippen LogP contribution in [0.3, 0.4) is 0 Å². The van der Waals surface area contributed by atoms with Crippen LogP contribution in [-0.4, -0.2) is 20.5 Å². The normalized spacial score (nSPS) is 17.6. The Kier molecular flexibility index (Phi) is 4.56. The van der Waals surface area contributed by atoms with Gasteiger partial charge in [0.05, 0.1) is 6.54 Å². The van der Waals surface area contributed by atoms with Gasteiger partial charge >= 0.3 is 0 Å². The first-order valence-electron chi connectivity index (χ1n) is 7.14. The van der Waals surface area contributed by atoms with Crippen LogP contribution >= 0.6 is 0 Å². The maximum atomic E-state index is 12.3. The summed E-state index contributed by atoms with van der Waals surface area (Å²) in [5.74, 6) is 1.36. The fourth-order valence-corrected chi connectivity index (χ4v) is 3.45.